The molecule has 3 aromatic rings. The molecule has 2 aromatic carbocycles. The van der Waals surface area contributed by atoms with Crippen LogP contribution in [0.4, 0.5) is 17.1 Å². The number of rotatable bonds is 2. The lowest BCUT2D eigenvalue weighted by Gasteiger charge is -2.18. The molecule has 0 spiro atoms. The summed E-state index contributed by atoms with van der Waals surface area (Å²) in [4.78, 5) is 6.96. The first kappa shape index (κ1) is 14.2. The van der Waals surface area contributed by atoms with E-state index in [1.165, 1.54) is 0 Å². The summed E-state index contributed by atoms with van der Waals surface area (Å²) in [5, 5.41) is 4.90. The number of benzene rings is 2. The van der Waals surface area contributed by atoms with E-state index in [1.807, 2.05) is 36.4 Å². The average molecular weight is 337 g/mol. The SMILES string of the molecule is C=C1/C(=N\c2ccc(Cl)cc2)c2ccccc2N1c1ccsc1. The Morgan fingerprint density at radius 1 is 1.00 bits per heavy atom. The molecule has 2 heterocycles. The van der Waals surface area contributed by atoms with Crippen molar-refractivity contribution in [3.05, 3.63) is 88.2 Å². The van der Waals surface area contributed by atoms with Crippen molar-refractivity contribution < 1.29 is 0 Å². The molecular formula is C19H13ClN2S. The first-order valence-electron chi connectivity index (χ1n) is 7.19. The number of hydrogen-bond donors (Lipinski definition) is 0. The van der Waals surface area contributed by atoms with Gasteiger partial charge in [-0.05, 0) is 41.8 Å². The maximum absolute atomic E-state index is 5.96. The van der Waals surface area contributed by atoms with Crippen LogP contribution in [0, 0.1) is 0 Å². The van der Waals surface area contributed by atoms with E-state index in [4.69, 9.17) is 16.6 Å². The molecule has 0 bridgehead atoms. The zero-order chi connectivity index (χ0) is 15.8. The molecular weight excluding hydrogens is 324 g/mol. The van der Waals surface area contributed by atoms with Crippen molar-refractivity contribution in [2.45, 2.75) is 0 Å². The summed E-state index contributed by atoms with van der Waals surface area (Å²) in [6.07, 6.45) is 0. The molecule has 2 nitrogen and oxygen atoms in total. The highest BCUT2D eigenvalue weighted by Gasteiger charge is 2.29. The van der Waals surface area contributed by atoms with Gasteiger partial charge in [-0.15, -0.1) is 0 Å². The van der Waals surface area contributed by atoms with Gasteiger partial charge in [0.15, 0.2) is 0 Å². The highest BCUT2D eigenvalue weighted by Crippen LogP contribution is 2.41. The maximum Gasteiger partial charge on any atom is 0.0964 e. The molecule has 112 valence electrons. The van der Waals surface area contributed by atoms with Crippen LogP contribution < -0.4 is 4.90 Å². The van der Waals surface area contributed by atoms with Crippen molar-refractivity contribution in [2.75, 3.05) is 4.90 Å². The third-order valence-electron chi connectivity index (χ3n) is 3.78. The van der Waals surface area contributed by atoms with Crippen LogP contribution in [-0.4, -0.2) is 5.71 Å². The van der Waals surface area contributed by atoms with Gasteiger partial charge >= 0.3 is 0 Å². The normalized spacial score (nSPS) is 15.3. The third-order valence-corrected chi connectivity index (χ3v) is 4.70. The van der Waals surface area contributed by atoms with Crippen LogP contribution in [-0.2, 0) is 0 Å². The van der Waals surface area contributed by atoms with Crippen LogP contribution in [0.25, 0.3) is 0 Å². The Bertz CT molecular complexity index is 895. The Kier molecular flexibility index (Phi) is 3.52. The van der Waals surface area contributed by atoms with Crippen LogP contribution in [0.1, 0.15) is 5.56 Å². The zero-order valence-corrected chi connectivity index (χ0v) is 13.8. The van der Waals surface area contributed by atoms with Crippen molar-refractivity contribution in [1.29, 1.82) is 0 Å². The van der Waals surface area contributed by atoms with Gasteiger partial charge in [-0.25, -0.2) is 4.99 Å². The summed E-state index contributed by atoms with van der Waals surface area (Å²) in [6, 6.07) is 17.9. The quantitative estimate of drug-likeness (QED) is 0.545. The molecule has 23 heavy (non-hydrogen) atoms. The summed E-state index contributed by atoms with van der Waals surface area (Å²) in [5.41, 5.74) is 5.98. The number of aliphatic imine (C=N–C) groups is 1. The molecule has 0 saturated carbocycles. The summed E-state index contributed by atoms with van der Waals surface area (Å²) >= 11 is 7.63. The molecule has 1 aliphatic rings. The fraction of sp³-hybridized carbons (Fsp3) is 0. The minimum Gasteiger partial charge on any atom is -0.307 e. The largest absolute Gasteiger partial charge is 0.307 e. The topological polar surface area (TPSA) is 15.6 Å². The first-order valence-corrected chi connectivity index (χ1v) is 8.51. The summed E-state index contributed by atoms with van der Waals surface area (Å²) in [6.45, 7) is 4.28. The predicted molar refractivity (Wildman–Crippen MR) is 99.7 cm³/mol. The lowest BCUT2D eigenvalue weighted by Crippen LogP contribution is -2.12. The number of halogens is 1. The molecule has 0 N–H and O–H groups in total. The van der Waals surface area contributed by atoms with Gasteiger partial charge in [0, 0.05) is 16.0 Å². The van der Waals surface area contributed by atoms with Gasteiger partial charge in [0.2, 0.25) is 0 Å². The van der Waals surface area contributed by atoms with Gasteiger partial charge in [0.1, 0.15) is 0 Å². The van der Waals surface area contributed by atoms with E-state index < -0.39 is 0 Å². The monoisotopic (exact) mass is 336 g/mol. The van der Waals surface area contributed by atoms with Crippen LogP contribution in [0.5, 0.6) is 0 Å². The molecule has 1 aliphatic heterocycles. The van der Waals surface area contributed by atoms with E-state index in [0.717, 1.165) is 34.0 Å². The van der Waals surface area contributed by atoms with E-state index in [-0.39, 0.29) is 0 Å². The summed E-state index contributed by atoms with van der Waals surface area (Å²) in [7, 11) is 0. The number of thiophene rings is 1. The molecule has 0 fully saturated rings. The maximum atomic E-state index is 5.96. The second-order valence-electron chi connectivity index (χ2n) is 5.22. The molecule has 1 aromatic heterocycles. The van der Waals surface area contributed by atoms with Crippen LogP contribution >= 0.6 is 22.9 Å². The fourth-order valence-electron chi connectivity index (χ4n) is 2.72. The predicted octanol–water partition coefficient (Wildman–Crippen LogP) is 6.19. The Hall–Kier alpha value is -2.36. The van der Waals surface area contributed by atoms with Crippen molar-refractivity contribution in [3.63, 3.8) is 0 Å². The summed E-state index contributed by atoms with van der Waals surface area (Å²) < 4.78 is 0. The third kappa shape index (κ3) is 2.48. The average Bonchev–Trinajstić information content (AvgIpc) is 3.17. The minimum absolute atomic E-state index is 0.708. The number of hydrogen-bond acceptors (Lipinski definition) is 3. The van der Waals surface area contributed by atoms with Crippen LogP contribution in [0.2, 0.25) is 5.02 Å². The van der Waals surface area contributed by atoms with E-state index in [0.29, 0.717) is 5.02 Å². The van der Waals surface area contributed by atoms with Gasteiger partial charge in [0.05, 0.1) is 28.5 Å². The van der Waals surface area contributed by atoms with Crippen molar-refractivity contribution in [1.82, 2.24) is 0 Å². The second-order valence-corrected chi connectivity index (χ2v) is 6.43. The van der Waals surface area contributed by atoms with Crippen LogP contribution in [0.15, 0.2) is 82.6 Å². The molecule has 0 radical (unpaired) electrons. The van der Waals surface area contributed by atoms with E-state index in [2.05, 4.69) is 40.4 Å². The van der Waals surface area contributed by atoms with E-state index >= 15 is 0 Å². The first-order chi connectivity index (χ1) is 11.2. The lowest BCUT2D eigenvalue weighted by atomic mass is 10.1. The molecule has 0 saturated heterocycles. The van der Waals surface area contributed by atoms with Crippen molar-refractivity contribution >= 4 is 45.7 Å². The standard InChI is InChI=1S/C19H13ClN2S/c1-13-19(21-15-8-6-14(20)7-9-15)17-4-2-3-5-18(17)22(13)16-10-11-23-12-16/h2-12H,1H2/b21-19+. The molecule has 4 rings (SSSR count). The smallest absolute Gasteiger partial charge is 0.0964 e. The van der Waals surface area contributed by atoms with Crippen LogP contribution in [0.3, 0.4) is 0 Å². The number of nitrogens with zero attached hydrogens (tertiary/aromatic N) is 2. The van der Waals surface area contributed by atoms with Gasteiger partial charge in [-0.1, -0.05) is 36.4 Å². The summed E-state index contributed by atoms with van der Waals surface area (Å²) in [5.74, 6) is 0. The zero-order valence-electron chi connectivity index (χ0n) is 12.2. The second kappa shape index (κ2) is 5.69. The lowest BCUT2D eigenvalue weighted by molar-refractivity contribution is 1.29. The highest BCUT2D eigenvalue weighted by molar-refractivity contribution is 7.08. The van der Waals surface area contributed by atoms with Gasteiger partial charge in [-0.3, -0.25) is 0 Å². The molecule has 0 aliphatic carbocycles. The highest BCUT2D eigenvalue weighted by atomic mass is 35.5. The van der Waals surface area contributed by atoms with E-state index in [1.54, 1.807) is 11.3 Å². The van der Waals surface area contributed by atoms with Crippen molar-refractivity contribution in [3.8, 4) is 0 Å². The van der Waals surface area contributed by atoms with Crippen molar-refractivity contribution in [2.24, 2.45) is 4.99 Å². The number of fused-ring (bicyclic) bond motifs is 1. The molecule has 0 atom stereocenters. The molecule has 0 amide bonds. The van der Waals surface area contributed by atoms with E-state index in [9.17, 15) is 0 Å². The number of anilines is 2. The Morgan fingerprint density at radius 3 is 2.52 bits per heavy atom. The van der Waals surface area contributed by atoms with Gasteiger partial charge < -0.3 is 4.90 Å². The molecule has 4 heteroatoms. The fourth-order valence-corrected chi connectivity index (χ4v) is 3.47. The van der Waals surface area contributed by atoms with Gasteiger partial charge in [-0.2, -0.15) is 11.3 Å². The number of allylic oxidation sites excluding steroid dienone is 1. The molecule has 0 unspecified atom stereocenters. The minimum atomic E-state index is 0.708. The number of para-hydroxylation sites is 1. The Balaban J connectivity index is 1.85. The van der Waals surface area contributed by atoms with Gasteiger partial charge in [0.25, 0.3) is 0 Å². The Labute approximate surface area is 144 Å². The Morgan fingerprint density at radius 2 is 1.78 bits per heavy atom.